The number of amides is 2. The standard InChI is InChI=1S/C15H21N5O2/c1-19-6-7-20(11(8-16)10-19)15(21)17-9-13-12-4-2-3-5-14(12)22-18-13/h2-5,11H,6-10,16H2,1H3,(H,17,21). The Labute approximate surface area is 129 Å². The maximum Gasteiger partial charge on any atom is 0.318 e. The Balaban J connectivity index is 1.64. The van der Waals surface area contributed by atoms with Gasteiger partial charge in [-0.2, -0.15) is 0 Å². The molecule has 3 N–H and O–H groups in total. The second kappa shape index (κ2) is 6.33. The van der Waals surface area contributed by atoms with Crippen molar-refractivity contribution in [1.82, 2.24) is 20.3 Å². The van der Waals surface area contributed by atoms with Crippen molar-refractivity contribution in [3.05, 3.63) is 30.0 Å². The van der Waals surface area contributed by atoms with E-state index >= 15 is 0 Å². The molecular weight excluding hydrogens is 282 g/mol. The van der Waals surface area contributed by atoms with Crippen molar-refractivity contribution in [3.63, 3.8) is 0 Å². The molecule has 0 spiro atoms. The van der Waals surface area contributed by atoms with Gasteiger partial charge >= 0.3 is 6.03 Å². The molecule has 22 heavy (non-hydrogen) atoms. The SMILES string of the molecule is CN1CCN(C(=O)NCc2noc3ccccc23)C(CN)C1. The highest BCUT2D eigenvalue weighted by atomic mass is 16.5. The molecule has 1 fully saturated rings. The van der Waals surface area contributed by atoms with Gasteiger partial charge in [-0.25, -0.2) is 4.79 Å². The molecule has 0 saturated carbocycles. The molecule has 118 valence electrons. The molecule has 2 aromatic rings. The normalized spacial score (nSPS) is 19.5. The van der Waals surface area contributed by atoms with E-state index in [-0.39, 0.29) is 12.1 Å². The van der Waals surface area contributed by atoms with Crippen LogP contribution in [0.1, 0.15) is 5.69 Å². The lowest BCUT2D eigenvalue weighted by atomic mass is 10.2. The third kappa shape index (κ3) is 2.90. The van der Waals surface area contributed by atoms with Gasteiger partial charge < -0.3 is 25.4 Å². The number of hydrogen-bond donors (Lipinski definition) is 2. The summed E-state index contributed by atoms with van der Waals surface area (Å²) < 4.78 is 5.24. The first-order chi connectivity index (χ1) is 10.7. The van der Waals surface area contributed by atoms with E-state index in [9.17, 15) is 4.79 Å². The summed E-state index contributed by atoms with van der Waals surface area (Å²) in [6, 6.07) is 7.56. The lowest BCUT2D eigenvalue weighted by molar-refractivity contribution is 0.112. The molecule has 1 unspecified atom stereocenters. The van der Waals surface area contributed by atoms with Crippen LogP contribution >= 0.6 is 0 Å². The number of hydrogen-bond acceptors (Lipinski definition) is 5. The Morgan fingerprint density at radius 2 is 2.27 bits per heavy atom. The highest BCUT2D eigenvalue weighted by Crippen LogP contribution is 2.17. The van der Waals surface area contributed by atoms with Crippen LogP contribution in [-0.2, 0) is 6.54 Å². The number of nitrogens with two attached hydrogens (primary N) is 1. The van der Waals surface area contributed by atoms with Crippen LogP contribution in [0.25, 0.3) is 11.0 Å². The van der Waals surface area contributed by atoms with E-state index in [4.69, 9.17) is 10.3 Å². The summed E-state index contributed by atoms with van der Waals surface area (Å²) in [5, 5.41) is 7.87. The first-order valence-corrected chi connectivity index (χ1v) is 7.45. The highest BCUT2D eigenvalue weighted by Gasteiger charge is 2.28. The van der Waals surface area contributed by atoms with Crippen LogP contribution in [0, 0.1) is 0 Å². The van der Waals surface area contributed by atoms with E-state index < -0.39 is 0 Å². The molecule has 0 bridgehead atoms. The third-order valence-corrected chi connectivity index (χ3v) is 4.08. The maximum absolute atomic E-state index is 12.4. The molecular formula is C15H21N5O2. The van der Waals surface area contributed by atoms with Gasteiger partial charge in [-0.1, -0.05) is 17.3 Å². The Morgan fingerprint density at radius 3 is 3.09 bits per heavy atom. The van der Waals surface area contributed by atoms with Crippen molar-refractivity contribution in [1.29, 1.82) is 0 Å². The number of carbonyl (C=O) groups excluding carboxylic acids is 1. The van der Waals surface area contributed by atoms with Crippen LogP contribution < -0.4 is 11.1 Å². The van der Waals surface area contributed by atoms with Gasteiger partial charge in [0.05, 0.1) is 12.6 Å². The van der Waals surface area contributed by atoms with E-state index in [0.29, 0.717) is 19.6 Å². The van der Waals surface area contributed by atoms with Crippen molar-refractivity contribution < 1.29 is 9.32 Å². The minimum absolute atomic E-state index is 0.0489. The molecule has 1 aromatic heterocycles. The number of nitrogens with zero attached hydrogens (tertiary/aromatic N) is 3. The Morgan fingerprint density at radius 1 is 1.45 bits per heavy atom. The molecule has 7 heteroatoms. The monoisotopic (exact) mass is 303 g/mol. The number of piperazine rings is 1. The third-order valence-electron chi connectivity index (χ3n) is 4.08. The zero-order valence-corrected chi connectivity index (χ0v) is 12.7. The summed E-state index contributed by atoms with van der Waals surface area (Å²) in [5.74, 6) is 0. The van der Waals surface area contributed by atoms with Crippen molar-refractivity contribution in [2.75, 3.05) is 33.2 Å². The molecule has 1 aliphatic heterocycles. The minimum atomic E-state index is -0.101. The second-order valence-electron chi connectivity index (χ2n) is 5.63. The van der Waals surface area contributed by atoms with Gasteiger partial charge in [-0.05, 0) is 19.2 Å². The summed E-state index contributed by atoms with van der Waals surface area (Å²) >= 11 is 0. The summed E-state index contributed by atoms with van der Waals surface area (Å²) in [6.45, 7) is 3.15. The zero-order chi connectivity index (χ0) is 15.5. The molecule has 1 atom stereocenters. The van der Waals surface area contributed by atoms with Crippen LogP contribution in [0.3, 0.4) is 0 Å². The fourth-order valence-corrected chi connectivity index (χ4v) is 2.81. The van der Waals surface area contributed by atoms with Crippen LogP contribution in [0.2, 0.25) is 0 Å². The predicted octanol–water partition coefficient (Wildman–Crippen LogP) is 0.612. The van der Waals surface area contributed by atoms with Gasteiger partial charge in [0.2, 0.25) is 0 Å². The molecule has 7 nitrogen and oxygen atoms in total. The second-order valence-corrected chi connectivity index (χ2v) is 5.63. The number of carbonyl (C=O) groups is 1. The van der Waals surface area contributed by atoms with Crippen molar-refractivity contribution >= 4 is 17.0 Å². The Bertz CT molecular complexity index is 656. The number of likely N-dealkylation sites (N-methyl/N-ethyl adjacent to an activating group) is 1. The summed E-state index contributed by atoms with van der Waals surface area (Å²) in [5.41, 5.74) is 7.25. The number of nitrogens with one attached hydrogen (secondary N) is 1. The predicted molar refractivity (Wildman–Crippen MR) is 83.3 cm³/mol. The van der Waals surface area contributed by atoms with E-state index in [1.165, 1.54) is 0 Å². The molecule has 1 aliphatic rings. The number of fused-ring (bicyclic) bond motifs is 1. The number of aromatic nitrogens is 1. The smallest absolute Gasteiger partial charge is 0.318 e. The molecule has 2 amide bonds. The summed E-state index contributed by atoms with van der Waals surface area (Å²) in [4.78, 5) is 16.4. The molecule has 0 radical (unpaired) electrons. The Hall–Kier alpha value is -2.12. The Kier molecular flexibility index (Phi) is 4.26. The number of benzene rings is 1. The van der Waals surface area contributed by atoms with Crippen molar-refractivity contribution in [2.24, 2.45) is 5.73 Å². The lowest BCUT2D eigenvalue weighted by Gasteiger charge is -2.39. The average molecular weight is 303 g/mol. The molecule has 0 aliphatic carbocycles. The van der Waals surface area contributed by atoms with Crippen LogP contribution in [-0.4, -0.2) is 60.3 Å². The van der Waals surface area contributed by atoms with E-state index in [0.717, 1.165) is 29.8 Å². The fraction of sp³-hybridized carbons (Fsp3) is 0.467. The van der Waals surface area contributed by atoms with Gasteiger partial charge in [0.25, 0.3) is 0 Å². The number of para-hydroxylation sites is 1. The molecule has 2 heterocycles. The van der Waals surface area contributed by atoms with Gasteiger partial charge in [0.15, 0.2) is 5.58 Å². The van der Waals surface area contributed by atoms with Crippen LogP contribution in [0.5, 0.6) is 0 Å². The zero-order valence-electron chi connectivity index (χ0n) is 12.7. The topological polar surface area (TPSA) is 87.6 Å². The summed E-state index contributed by atoms with van der Waals surface area (Å²) in [6.07, 6.45) is 0. The van der Waals surface area contributed by atoms with Crippen molar-refractivity contribution in [3.8, 4) is 0 Å². The maximum atomic E-state index is 12.4. The quantitative estimate of drug-likeness (QED) is 0.867. The van der Waals surface area contributed by atoms with Crippen LogP contribution in [0.4, 0.5) is 4.79 Å². The van der Waals surface area contributed by atoms with Gasteiger partial charge in [0.1, 0.15) is 5.69 Å². The fourth-order valence-electron chi connectivity index (χ4n) is 2.81. The number of rotatable bonds is 3. The number of urea groups is 1. The van der Waals surface area contributed by atoms with E-state index in [1.807, 2.05) is 36.2 Å². The molecule has 3 rings (SSSR count). The average Bonchev–Trinajstić information content (AvgIpc) is 2.95. The molecule has 1 aromatic carbocycles. The van der Waals surface area contributed by atoms with Gasteiger partial charge in [0, 0.05) is 31.6 Å². The van der Waals surface area contributed by atoms with Gasteiger partial charge in [-0.15, -0.1) is 0 Å². The minimum Gasteiger partial charge on any atom is -0.356 e. The van der Waals surface area contributed by atoms with Gasteiger partial charge in [-0.3, -0.25) is 0 Å². The lowest BCUT2D eigenvalue weighted by Crippen LogP contribution is -2.58. The first-order valence-electron chi connectivity index (χ1n) is 7.45. The summed E-state index contributed by atoms with van der Waals surface area (Å²) in [7, 11) is 2.04. The van der Waals surface area contributed by atoms with Crippen molar-refractivity contribution in [2.45, 2.75) is 12.6 Å². The first kappa shape index (κ1) is 14.8. The van der Waals surface area contributed by atoms with E-state index in [2.05, 4.69) is 15.4 Å². The van der Waals surface area contributed by atoms with Crippen LogP contribution in [0.15, 0.2) is 28.8 Å². The largest absolute Gasteiger partial charge is 0.356 e. The van der Waals surface area contributed by atoms with E-state index in [1.54, 1.807) is 0 Å². The highest BCUT2D eigenvalue weighted by molar-refractivity contribution is 5.80. The molecule has 1 saturated heterocycles.